The van der Waals surface area contributed by atoms with Crippen molar-refractivity contribution < 1.29 is 0 Å². The van der Waals surface area contributed by atoms with Gasteiger partial charge in [-0.1, -0.05) is 28.5 Å². The first kappa shape index (κ1) is 14.3. The Morgan fingerprint density at radius 1 is 1.23 bits per heavy atom. The van der Waals surface area contributed by atoms with Gasteiger partial charge in [0.05, 0.1) is 12.2 Å². The van der Waals surface area contributed by atoms with Gasteiger partial charge in [0.15, 0.2) is 0 Å². The molecule has 3 rings (SSSR count). The van der Waals surface area contributed by atoms with Gasteiger partial charge < -0.3 is 4.57 Å². The lowest BCUT2D eigenvalue weighted by Crippen LogP contribution is -2.23. The summed E-state index contributed by atoms with van der Waals surface area (Å²) in [5.41, 5.74) is 2.26. The fraction of sp³-hybridized carbons (Fsp3) is 0.154. The molecule has 1 N–H and O–H groups in total. The van der Waals surface area contributed by atoms with E-state index in [1.807, 2.05) is 57.5 Å². The zero-order valence-corrected chi connectivity index (χ0v) is 12.7. The van der Waals surface area contributed by atoms with Crippen molar-refractivity contribution >= 4 is 17.6 Å². The highest BCUT2D eigenvalue weighted by Gasteiger charge is 2.03. The highest BCUT2D eigenvalue weighted by molar-refractivity contribution is 7.97. The van der Waals surface area contributed by atoms with Crippen LogP contribution >= 0.6 is 11.9 Å². The van der Waals surface area contributed by atoms with E-state index < -0.39 is 0 Å². The molecule has 0 radical (unpaired) electrons. The predicted molar refractivity (Wildman–Crippen MR) is 83.3 cm³/mol. The molecule has 0 spiro atoms. The Hall–Kier alpha value is -2.68. The Morgan fingerprint density at radius 2 is 2.09 bits per heavy atom. The molecule has 0 aliphatic heterocycles. The van der Waals surface area contributed by atoms with Crippen molar-refractivity contribution in [3.63, 3.8) is 0 Å². The van der Waals surface area contributed by atoms with Crippen molar-refractivity contribution in [3.05, 3.63) is 60.2 Å². The van der Waals surface area contributed by atoms with E-state index in [-0.39, 0.29) is 0 Å². The van der Waals surface area contributed by atoms with Crippen LogP contribution in [-0.4, -0.2) is 30.2 Å². The van der Waals surface area contributed by atoms with Crippen molar-refractivity contribution in [2.45, 2.75) is 6.54 Å². The van der Waals surface area contributed by atoms with Gasteiger partial charge in [-0.05, 0) is 29.3 Å². The Bertz CT molecular complexity index is 800. The van der Waals surface area contributed by atoms with Crippen molar-refractivity contribution in [1.82, 2.24) is 24.0 Å². The fourth-order valence-corrected chi connectivity index (χ4v) is 2.34. The summed E-state index contributed by atoms with van der Waals surface area (Å²) < 4.78 is 3.84. The lowest BCUT2D eigenvalue weighted by Gasteiger charge is -1.99. The number of nitrogens with zero attached hydrogens (tertiary/aromatic N) is 7. The molecule has 0 fully saturated rings. The Morgan fingerprint density at radius 3 is 2.82 bits per heavy atom. The summed E-state index contributed by atoms with van der Waals surface area (Å²) in [5, 5.41) is 22.6. The van der Waals surface area contributed by atoms with Gasteiger partial charge in [-0.25, -0.2) is 0 Å². The minimum atomic E-state index is 0.559. The van der Waals surface area contributed by atoms with Crippen LogP contribution in [-0.2, 0) is 6.54 Å². The maximum Gasteiger partial charge on any atom is 0.242 e. The SMILES string of the molecule is CSn1ccn(Cc2c[nH]nn2)/c1=N\N=N\c1ccccc1. The number of nitrogens with one attached hydrogen (secondary N) is 1. The molecule has 8 nitrogen and oxygen atoms in total. The molecule has 0 amide bonds. The molecule has 112 valence electrons. The van der Waals surface area contributed by atoms with E-state index in [4.69, 9.17) is 0 Å². The second-order valence-electron chi connectivity index (χ2n) is 4.32. The van der Waals surface area contributed by atoms with Crippen LogP contribution in [0.5, 0.6) is 0 Å². The molecule has 2 heterocycles. The minimum absolute atomic E-state index is 0.559. The van der Waals surface area contributed by atoms with E-state index in [0.29, 0.717) is 12.2 Å². The van der Waals surface area contributed by atoms with E-state index in [0.717, 1.165) is 11.4 Å². The normalized spacial score (nSPS) is 12.3. The highest BCUT2D eigenvalue weighted by atomic mass is 32.2. The van der Waals surface area contributed by atoms with Gasteiger partial charge >= 0.3 is 0 Å². The molecule has 0 bridgehead atoms. The molecule has 3 aromatic rings. The molecular weight excluding hydrogens is 300 g/mol. The average molecular weight is 314 g/mol. The molecule has 9 heteroatoms. The average Bonchev–Trinajstić information content (AvgIpc) is 3.19. The van der Waals surface area contributed by atoms with Crippen molar-refractivity contribution in [1.29, 1.82) is 0 Å². The maximum atomic E-state index is 4.22. The molecular formula is C13H14N8S. The van der Waals surface area contributed by atoms with E-state index in [1.165, 1.54) is 11.9 Å². The van der Waals surface area contributed by atoms with Gasteiger partial charge in [-0.3, -0.25) is 9.07 Å². The van der Waals surface area contributed by atoms with Crippen molar-refractivity contribution in [2.24, 2.45) is 15.4 Å². The zero-order chi connectivity index (χ0) is 15.2. The van der Waals surface area contributed by atoms with E-state index >= 15 is 0 Å². The standard InChI is InChI=1S/C13H14N8S/c1-22-21-8-7-20(10-12-9-14-18-16-12)13(21)17-19-15-11-5-3-2-4-6-11/h2-9H,10H2,1H3,(H,14,16,18)/b17-13+,19-15+. The van der Waals surface area contributed by atoms with Gasteiger partial charge in [-0.15, -0.1) is 10.2 Å². The smallest absolute Gasteiger partial charge is 0.242 e. The Kier molecular flexibility index (Phi) is 4.44. The number of H-pyrrole nitrogens is 1. The second-order valence-corrected chi connectivity index (χ2v) is 5.08. The summed E-state index contributed by atoms with van der Waals surface area (Å²) in [6.07, 6.45) is 7.55. The summed E-state index contributed by atoms with van der Waals surface area (Å²) in [7, 11) is 0. The van der Waals surface area contributed by atoms with Crippen LogP contribution in [0.3, 0.4) is 0 Å². The van der Waals surface area contributed by atoms with Crippen molar-refractivity contribution in [3.8, 4) is 0 Å². The molecule has 0 unspecified atom stereocenters. The van der Waals surface area contributed by atoms with Crippen LogP contribution in [0, 0.1) is 0 Å². The quantitative estimate of drug-likeness (QED) is 0.578. The number of aromatic nitrogens is 5. The Labute approximate surface area is 130 Å². The van der Waals surface area contributed by atoms with Gasteiger partial charge in [-0.2, -0.15) is 0 Å². The van der Waals surface area contributed by atoms with Gasteiger partial charge in [0.25, 0.3) is 0 Å². The molecule has 1 aromatic carbocycles. The second kappa shape index (κ2) is 6.85. The number of benzene rings is 1. The first-order valence-electron chi connectivity index (χ1n) is 6.54. The molecule has 0 aliphatic rings. The predicted octanol–water partition coefficient (Wildman–Crippen LogP) is 2.18. The lowest BCUT2D eigenvalue weighted by atomic mass is 10.3. The monoisotopic (exact) mass is 314 g/mol. The lowest BCUT2D eigenvalue weighted by molar-refractivity contribution is 0.700. The zero-order valence-electron chi connectivity index (χ0n) is 11.9. The molecule has 0 aliphatic carbocycles. The summed E-state index contributed by atoms with van der Waals surface area (Å²) in [5.74, 6) is 0. The van der Waals surface area contributed by atoms with E-state index in [9.17, 15) is 0 Å². The van der Waals surface area contributed by atoms with Crippen LogP contribution in [0.1, 0.15) is 5.69 Å². The molecule has 22 heavy (non-hydrogen) atoms. The summed E-state index contributed by atoms with van der Waals surface area (Å²) in [4.78, 5) is 0. The number of hydrogen-bond acceptors (Lipinski definition) is 5. The molecule has 0 saturated carbocycles. The molecule has 0 atom stereocenters. The third kappa shape index (κ3) is 3.31. The number of rotatable bonds is 5. The fourth-order valence-electron chi connectivity index (χ4n) is 1.85. The van der Waals surface area contributed by atoms with Crippen LogP contribution in [0.25, 0.3) is 0 Å². The van der Waals surface area contributed by atoms with Crippen LogP contribution in [0.4, 0.5) is 5.69 Å². The van der Waals surface area contributed by atoms with Gasteiger partial charge in [0, 0.05) is 24.8 Å². The highest BCUT2D eigenvalue weighted by Crippen LogP contribution is 2.09. The maximum absolute atomic E-state index is 4.22. The summed E-state index contributed by atoms with van der Waals surface area (Å²) in [6, 6.07) is 9.49. The molecule has 0 saturated heterocycles. The van der Waals surface area contributed by atoms with Crippen LogP contribution < -0.4 is 5.62 Å². The number of hydrogen-bond donors (Lipinski definition) is 1. The first-order valence-corrected chi connectivity index (χ1v) is 7.72. The minimum Gasteiger partial charge on any atom is -0.309 e. The van der Waals surface area contributed by atoms with Crippen molar-refractivity contribution in [2.75, 3.05) is 6.26 Å². The number of imidazole rings is 1. The Balaban J connectivity index is 1.89. The summed E-state index contributed by atoms with van der Waals surface area (Å²) in [6.45, 7) is 0.559. The third-order valence-corrected chi connectivity index (χ3v) is 3.56. The van der Waals surface area contributed by atoms with Gasteiger partial charge in [0.1, 0.15) is 5.69 Å². The van der Waals surface area contributed by atoms with Gasteiger partial charge in [0.2, 0.25) is 5.62 Å². The third-order valence-electron chi connectivity index (χ3n) is 2.88. The molecule has 2 aromatic heterocycles. The van der Waals surface area contributed by atoms with Crippen LogP contribution in [0.15, 0.2) is 64.4 Å². The number of aromatic amines is 1. The largest absolute Gasteiger partial charge is 0.309 e. The van der Waals surface area contributed by atoms with E-state index in [1.54, 1.807) is 6.20 Å². The topological polar surface area (TPSA) is 88.5 Å². The summed E-state index contributed by atoms with van der Waals surface area (Å²) >= 11 is 1.53. The first-order chi connectivity index (χ1) is 10.9. The van der Waals surface area contributed by atoms with Crippen LogP contribution in [0.2, 0.25) is 0 Å². The van der Waals surface area contributed by atoms with E-state index in [2.05, 4.69) is 30.8 Å².